The molecular formula is C20H15FN6O2. The van der Waals surface area contributed by atoms with Crippen molar-refractivity contribution in [3.8, 4) is 23.6 Å². The standard InChI is InChI=1S/C20H15FN6O2/c21-18-13-24-20(26-15-3-7-17(8-4-15)29-12-10-23)27-19(18)25-14-1-5-16(6-2-14)28-11-9-22/h1-8,13H,11-12H2,(H2,24,25,26,27). The molecule has 0 unspecified atom stereocenters. The van der Waals surface area contributed by atoms with Crippen molar-refractivity contribution < 1.29 is 13.9 Å². The molecule has 0 saturated heterocycles. The Balaban J connectivity index is 1.68. The van der Waals surface area contributed by atoms with Gasteiger partial charge in [0, 0.05) is 11.4 Å². The summed E-state index contributed by atoms with van der Waals surface area (Å²) in [6, 6.07) is 17.3. The Morgan fingerprint density at radius 2 is 1.34 bits per heavy atom. The predicted octanol–water partition coefficient (Wildman–Crippen LogP) is 3.91. The first kappa shape index (κ1) is 19.4. The SMILES string of the molecule is N#CCOc1ccc(Nc2ncc(F)c(Nc3ccc(OCC#N)cc3)n2)cc1. The van der Waals surface area contributed by atoms with Crippen molar-refractivity contribution in [2.45, 2.75) is 0 Å². The Morgan fingerprint density at radius 1 is 0.828 bits per heavy atom. The number of anilines is 4. The van der Waals surface area contributed by atoms with Crippen LogP contribution in [0.25, 0.3) is 0 Å². The molecule has 0 fully saturated rings. The van der Waals surface area contributed by atoms with E-state index in [0.717, 1.165) is 6.20 Å². The summed E-state index contributed by atoms with van der Waals surface area (Å²) in [5, 5.41) is 22.9. The van der Waals surface area contributed by atoms with Crippen molar-refractivity contribution in [1.29, 1.82) is 10.5 Å². The number of hydrogen-bond donors (Lipinski definition) is 2. The molecule has 0 saturated carbocycles. The van der Waals surface area contributed by atoms with Crippen LogP contribution in [0.1, 0.15) is 0 Å². The lowest BCUT2D eigenvalue weighted by Crippen LogP contribution is -2.03. The Morgan fingerprint density at radius 3 is 1.86 bits per heavy atom. The number of rotatable bonds is 8. The maximum atomic E-state index is 14.1. The predicted molar refractivity (Wildman–Crippen MR) is 104 cm³/mol. The molecule has 29 heavy (non-hydrogen) atoms. The number of ether oxygens (including phenoxy) is 2. The van der Waals surface area contributed by atoms with Crippen LogP contribution in [0, 0.1) is 28.5 Å². The van der Waals surface area contributed by atoms with E-state index < -0.39 is 5.82 Å². The number of hydrogen-bond acceptors (Lipinski definition) is 8. The first-order valence-corrected chi connectivity index (χ1v) is 8.44. The molecule has 0 spiro atoms. The molecular weight excluding hydrogens is 375 g/mol. The number of benzene rings is 2. The van der Waals surface area contributed by atoms with E-state index in [9.17, 15) is 4.39 Å². The number of nitrogens with one attached hydrogen (secondary N) is 2. The van der Waals surface area contributed by atoms with Gasteiger partial charge in [-0.1, -0.05) is 0 Å². The highest BCUT2D eigenvalue weighted by molar-refractivity contribution is 5.60. The van der Waals surface area contributed by atoms with E-state index in [4.69, 9.17) is 20.0 Å². The quantitative estimate of drug-likeness (QED) is 0.595. The molecule has 0 amide bonds. The summed E-state index contributed by atoms with van der Waals surface area (Å²) in [7, 11) is 0. The van der Waals surface area contributed by atoms with E-state index in [1.807, 2.05) is 12.1 Å². The minimum Gasteiger partial charge on any atom is -0.479 e. The Bertz CT molecular complexity index is 1040. The summed E-state index contributed by atoms with van der Waals surface area (Å²) in [5.41, 5.74) is 1.27. The number of aromatic nitrogens is 2. The fourth-order valence-corrected chi connectivity index (χ4v) is 2.28. The van der Waals surface area contributed by atoms with Gasteiger partial charge >= 0.3 is 0 Å². The third kappa shape index (κ3) is 5.55. The van der Waals surface area contributed by atoms with Crippen LogP contribution >= 0.6 is 0 Å². The van der Waals surface area contributed by atoms with Crippen LogP contribution in [0.4, 0.5) is 27.5 Å². The lowest BCUT2D eigenvalue weighted by molar-refractivity contribution is 0.368. The van der Waals surface area contributed by atoms with Gasteiger partial charge in [-0.2, -0.15) is 15.5 Å². The van der Waals surface area contributed by atoms with E-state index in [1.54, 1.807) is 48.5 Å². The van der Waals surface area contributed by atoms with Crippen LogP contribution in [-0.2, 0) is 0 Å². The van der Waals surface area contributed by atoms with Crippen LogP contribution in [0.3, 0.4) is 0 Å². The minimum atomic E-state index is -0.611. The lowest BCUT2D eigenvalue weighted by atomic mass is 10.3. The minimum absolute atomic E-state index is 0.00201. The van der Waals surface area contributed by atoms with Gasteiger partial charge < -0.3 is 20.1 Å². The van der Waals surface area contributed by atoms with Gasteiger partial charge in [0.05, 0.1) is 6.20 Å². The van der Waals surface area contributed by atoms with Gasteiger partial charge in [-0.15, -0.1) is 0 Å². The maximum absolute atomic E-state index is 14.1. The van der Waals surface area contributed by atoms with Crippen LogP contribution < -0.4 is 20.1 Å². The third-order valence-electron chi connectivity index (χ3n) is 3.58. The molecule has 0 aliphatic heterocycles. The van der Waals surface area contributed by atoms with E-state index in [0.29, 0.717) is 22.9 Å². The molecule has 2 N–H and O–H groups in total. The highest BCUT2D eigenvalue weighted by atomic mass is 19.1. The number of nitriles is 2. The van der Waals surface area contributed by atoms with Crippen molar-refractivity contribution in [3.05, 3.63) is 60.5 Å². The van der Waals surface area contributed by atoms with Crippen molar-refractivity contribution in [3.63, 3.8) is 0 Å². The molecule has 0 aliphatic rings. The number of nitrogens with zero attached hydrogens (tertiary/aromatic N) is 4. The average Bonchev–Trinajstić information content (AvgIpc) is 2.75. The second kappa shape index (κ2) is 9.53. The summed E-state index contributed by atoms with van der Waals surface area (Å²) in [5.74, 6) is 0.683. The third-order valence-corrected chi connectivity index (χ3v) is 3.58. The summed E-state index contributed by atoms with van der Waals surface area (Å²) >= 11 is 0. The van der Waals surface area contributed by atoms with Gasteiger partial charge in [0.25, 0.3) is 0 Å². The van der Waals surface area contributed by atoms with Crippen LogP contribution in [0.5, 0.6) is 11.5 Å². The number of halogens is 1. The van der Waals surface area contributed by atoms with Gasteiger partial charge in [-0.25, -0.2) is 9.37 Å². The summed E-state index contributed by atoms with van der Waals surface area (Å²) in [4.78, 5) is 8.08. The molecule has 144 valence electrons. The molecule has 1 aromatic heterocycles. The fourth-order valence-electron chi connectivity index (χ4n) is 2.28. The molecule has 8 nitrogen and oxygen atoms in total. The first-order valence-electron chi connectivity index (χ1n) is 8.44. The van der Waals surface area contributed by atoms with Gasteiger partial charge in [-0.05, 0) is 48.5 Å². The second-order valence-corrected chi connectivity index (χ2v) is 5.58. The maximum Gasteiger partial charge on any atom is 0.229 e. The van der Waals surface area contributed by atoms with Crippen LogP contribution in [0.15, 0.2) is 54.7 Å². The van der Waals surface area contributed by atoms with Gasteiger partial charge in [0.1, 0.15) is 23.6 Å². The molecule has 3 rings (SSSR count). The molecule has 9 heteroatoms. The zero-order valence-electron chi connectivity index (χ0n) is 15.1. The van der Waals surface area contributed by atoms with Crippen molar-refractivity contribution >= 4 is 23.1 Å². The summed E-state index contributed by atoms with van der Waals surface area (Å²) in [6.07, 6.45) is 1.06. The fraction of sp³-hybridized carbons (Fsp3) is 0.100. The van der Waals surface area contributed by atoms with Crippen molar-refractivity contribution in [2.75, 3.05) is 23.8 Å². The van der Waals surface area contributed by atoms with E-state index in [-0.39, 0.29) is 25.0 Å². The zero-order chi connectivity index (χ0) is 20.5. The van der Waals surface area contributed by atoms with E-state index in [2.05, 4.69) is 20.6 Å². The zero-order valence-corrected chi connectivity index (χ0v) is 15.1. The normalized spacial score (nSPS) is 9.76. The van der Waals surface area contributed by atoms with Crippen molar-refractivity contribution in [2.24, 2.45) is 0 Å². The molecule has 3 aromatic rings. The molecule has 0 aliphatic carbocycles. The topological polar surface area (TPSA) is 116 Å². The van der Waals surface area contributed by atoms with E-state index >= 15 is 0 Å². The van der Waals surface area contributed by atoms with Gasteiger partial charge in [-0.3, -0.25) is 0 Å². The second-order valence-electron chi connectivity index (χ2n) is 5.58. The molecule has 2 aromatic carbocycles. The van der Waals surface area contributed by atoms with Crippen LogP contribution in [-0.4, -0.2) is 23.2 Å². The highest BCUT2D eigenvalue weighted by Gasteiger charge is 2.08. The summed E-state index contributed by atoms with van der Waals surface area (Å²) < 4.78 is 24.5. The largest absolute Gasteiger partial charge is 0.479 e. The Kier molecular flexibility index (Phi) is 6.37. The van der Waals surface area contributed by atoms with Gasteiger partial charge in [0.2, 0.25) is 5.95 Å². The monoisotopic (exact) mass is 390 g/mol. The van der Waals surface area contributed by atoms with Gasteiger partial charge in [0.15, 0.2) is 24.8 Å². The summed E-state index contributed by atoms with van der Waals surface area (Å²) in [6.45, 7) is -0.0813. The van der Waals surface area contributed by atoms with Crippen LogP contribution in [0.2, 0.25) is 0 Å². The smallest absolute Gasteiger partial charge is 0.229 e. The molecule has 0 atom stereocenters. The first-order chi connectivity index (χ1) is 14.2. The van der Waals surface area contributed by atoms with Crippen molar-refractivity contribution in [1.82, 2.24) is 9.97 Å². The Hall–Kier alpha value is -4.37. The highest BCUT2D eigenvalue weighted by Crippen LogP contribution is 2.23. The lowest BCUT2D eigenvalue weighted by Gasteiger charge is -2.10. The van der Waals surface area contributed by atoms with E-state index in [1.165, 1.54) is 0 Å². The molecule has 1 heterocycles. The molecule has 0 radical (unpaired) electrons. The molecule has 0 bridgehead atoms. The average molecular weight is 390 g/mol. The Labute approximate surface area is 166 Å².